The maximum Gasteiger partial charge on any atom is 0.509 e. The van der Waals surface area contributed by atoms with Crippen molar-refractivity contribution in [3.63, 3.8) is 0 Å². The highest BCUT2D eigenvalue weighted by Crippen LogP contribution is 2.10. The molecule has 1 rings (SSSR count). The van der Waals surface area contributed by atoms with Crippen molar-refractivity contribution in [2.24, 2.45) is 0 Å². The third kappa shape index (κ3) is 3.05. The fourth-order valence-electron chi connectivity index (χ4n) is 1.02. The molecule has 1 heterocycles. The molecule has 0 amide bonds. The zero-order valence-corrected chi connectivity index (χ0v) is 8.24. The summed E-state index contributed by atoms with van der Waals surface area (Å²) in [5, 5.41) is 26.5. The lowest BCUT2D eigenvalue weighted by Crippen LogP contribution is -2.40. The van der Waals surface area contributed by atoms with Crippen LogP contribution in [0.2, 0.25) is 0 Å². The van der Waals surface area contributed by atoms with E-state index in [-0.39, 0.29) is 6.61 Å². The molecular weight excluding hydrogens is 224 g/mol. The van der Waals surface area contributed by atoms with Gasteiger partial charge < -0.3 is 29.5 Å². The molecule has 0 aromatic heterocycles. The van der Waals surface area contributed by atoms with E-state index in [1.165, 1.54) is 0 Å². The summed E-state index contributed by atoms with van der Waals surface area (Å²) < 4.78 is 13.4. The van der Waals surface area contributed by atoms with Gasteiger partial charge in [-0.2, -0.15) is 0 Å². The van der Waals surface area contributed by atoms with Crippen molar-refractivity contribution in [2.75, 3.05) is 19.8 Å². The minimum absolute atomic E-state index is 0.273. The summed E-state index contributed by atoms with van der Waals surface area (Å²) in [7, 11) is 0. The van der Waals surface area contributed by atoms with Gasteiger partial charge in [0.2, 0.25) is 6.10 Å². The predicted octanol–water partition coefficient (Wildman–Crippen LogP) is -2.22. The van der Waals surface area contributed by atoms with E-state index in [4.69, 9.17) is 15.3 Å². The first-order chi connectivity index (χ1) is 7.58. The molecule has 8 heteroatoms. The van der Waals surface area contributed by atoms with Crippen LogP contribution in [-0.2, 0) is 19.0 Å². The fourth-order valence-corrected chi connectivity index (χ4v) is 1.02. The van der Waals surface area contributed by atoms with Crippen LogP contribution in [0.1, 0.15) is 0 Å². The van der Waals surface area contributed by atoms with Crippen LogP contribution in [0.5, 0.6) is 0 Å². The number of ether oxygens (including phenoxy) is 3. The molecule has 8 nitrogen and oxygen atoms in total. The van der Waals surface area contributed by atoms with Crippen molar-refractivity contribution in [1.82, 2.24) is 0 Å². The van der Waals surface area contributed by atoms with E-state index in [1.54, 1.807) is 0 Å². The van der Waals surface area contributed by atoms with Crippen molar-refractivity contribution in [2.45, 2.75) is 18.3 Å². The summed E-state index contributed by atoms with van der Waals surface area (Å²) in [6, 6.07) is 0. The molecule has 16 heavy (non-hydrogen) atoms. The third-order valence-corrected chi connectivity index (χ3v) is 1.92. The van der Waals surface area contributed by atoms with Gasteiger partial charge in [0, 0.05) is 0 Å². The van der Waals surface area contributed by atoms with Crippen molar-refractivity contribution in [3.8, 4) is 0 Å². The van der Waals surface area contributed by atoms with Gasteiger partial charge in [0.1, 0.15) is 12.7 Å². The molecule has 1 aliphatic rings. The Balaban J connectivity index is 2.45. The van der Waals surface area contributed by atoms with Crippen LogP contribution >= 0.6 is 0 Å². The molecule has 0 spiro atoms. The van der Waals surface area contributed by atoms with E-state index in [0.717, 1.165) is 0 Å². The van der Waals surface area contributed by atoms with Crippen LogP contribution in [0.4, 0.5) is 4.79 Å². The topological polar surface area (TPSA) is 123 Å². The highest BCUT2D eigenvalue weighted by atomic mass is 16.8. The molecule has 3 unspecified atom stereocenters. The molecule has 0 aliphatic carbocycles. The van der Waals surface area contributed by atoms with Gasteiger partial charge in [-0.3, -0.25) is 0 Å². The second-order valence-electron chi connectivity index (χ2n) is 3.08. The van der Waals surface area contributed by atoms with Gasteiger partial charge in [0.15, 0.2) is 6.10 Å². The Labute approximate surface area is 90.3 Å². The average Bonchev–Trinajstić information content (AvgIpc) is 2.71. The summed E-state index contributed by atoms with van der Waals surface area (Å²) in [5.41, 5.74) is 0. The SMILES string of the molecule is O=C1OCC(C(=O)OC(CO)C(O)CO)O1. The quantitative estimate of drug-likeness (QED) is 0.459. The minimum Gasteiger partial charge on any atom is -0.454 e. The lowest BCUT2D eigenvalue weighted by molar-refractivity contribution is -0.167. The normalized spacial score (nSPS) is 23.2. The Hall–Kier alpha value is -1.38. The van der Waals surface area contributed by atoms with E-state index in [2.05, 4.69) is 14.2 Å². The first kappa shape index (κ1) is 12.7. The maximum atomic E-state index is 11.3. The van der Waals surface area contributed by atoms with Crippen LogP contribution < -0.4 is 0 Å². The lowest BCUT2D eigenvalue weighted by Gasteiger charge is -2.20. The number of esters is 1. The molecule has 1 fully saturated rings. The molecule has 92 valence electrons. The Morgan fingerprint density at radius 3 is 2.62 bits per heavy atom. The summed E-state index contributed by atoms with van der Waals surface area (Å²) in [4.78, 5) is 21.8. The van der Waals surface area contributed by atoms with E-state index < -0.39 is 43.7 Å². The number of hydrogen-bond donors (Lipinski definition) is 3. The summed E-state index contributed by atoms with van der Waals surface area (Å²) >= 11 is 0. The van der Waals surface area contributed by atoms with Gasteiger partial charge >= 0.3 is 12.1 Å². The van der Waals surface area contributed by atoms with Crippen molar-refractivity contribution >= 4 is 12.1 Å². The molecule has 1 saturated heterocycles. The molecule has 0 aromatic rings. The van der Waals surface area contributed by atoms with Crippen LogP contribution in [0.15, 0.2) is 0 Å². The summed E-state index contributed by atoms with van der Waals surface area (Å²) in [5.74, 6) is -0.947. The van der Waals surface area contributed by atoms with E-state index >= 15 is 0 Å². The van der Waals surface area contributed by atoms with Gasteiger partial charge in [-0.05, 0) is 0 Å². The molecular formula is C8H12O8. The second-order valence-corrected chi connectivity index (χ2v) is 3.08. The average molecular weight is 236 g/mol. The number of aliphatic hydroxyl groups excluding tert-OH is 3. The Bertz CT molecular complexity index is 265. The molecule has 3 atom stereocenters. The monoisotopic (exact) mass is 236 g/mol. The van der Waals surface area contributed by atoms with Crippen molar-refractivity contribution in [1.29, 1.82) is 0 Å². The van der Waals surface area contributed by atoms with E-state index in [0.29, 0.717) is 0 Å². The van der Waals surface area contributed by atoms with Gasteiger partial charge in [0.25, 0.3) is 0 Å². The summed E-state index contributed by atoms with van der Waals surface area (Å²) in [6.45, 7) is -1.60. The second kappa shape index (κ2) is 5.64. The van der Waals surface area contributed by atoms with Crippen LogP contribution in [-0.4, -0.2) is 65.6 Å². The van der Waals surface area contributed by atoms with Crippen LogP contribution in [0.3, 0.4) is 0 Å². The number of cyclic esters (lactones) is 2. The molecule has 0 radical (unpaired) electrons. The van der Waals surface area contributed by atoms with Gasteiger partial charge in [0.05, 0.1) is 13.2 Å². The standard InChI is InChI=1S/C8H12O8/c9-1-4(11)5(2-10)15-7(12)6-3-14-8(13)16-6/h4-6,9-11H,1-3H2. The minimum atomic E-state index is -1.40. The Morgan fingerprint density at radius 2 is 2.19 bits per heavy atom. The van der Waals surface area contributed by atoms with Gasteiger partial charge in [-0.15, -0.1) is 0 Å². The smallest absolute Gasteiger partial charge is 0.454 e. The number of aliphatic hydroxyl groups is 3. The fraction of sp³-hybridized carbons (Fsp3) is 0.750. The zero-order valence-electron chi connectivity index (χ0n) is 8.24. The first-order valence-corrected chi connectivity index (χ1v) is 4.52. The zero-order chi connectivity index (χ0) is 12.1. The largest absolute Gasteiger partial charge is 0.509 e. The highest BCUT2D eigenvalue weighted by molar-refractivity contribution is 5.79. The Kier molecular flexibility index (Phi) is 4.47. The third-order valence-electron chi connectivity index (χ3n) is 1.92. The van der Waals surface area contributed by atoms with Gasteiger partial charge in [-0.25, -0.2) is 9.59 Å². The number of rotatable bonds is 5. The molecule has 0 aromatic carbocycles. The molecule has 1 aliphatic heterocycles. The number of carbonyl (C=O) groups is 2. The number of hydrogen-bond acceptors (Lipinski definition) is 8. The lowest BCUT2D eigenvalue weighted by atomic mass is 10.2. The van der Waals surface area contributed by atoms with E-state index in [1.807, 2.05) is 0 Å². The Morgan fingerprint density at radius 1 is 1.50 bits per heavy atom. The number of carbonyl (C=O) groups excluding carboxylic acids is 2. The predicted molar refractivity (Wildman–Crippen MR) is 46.3 cm³/mol. The highest BCUT2D eigenvalue weighted by Gasteiger charge is 2.35. The van der Waals surface area contributed by atoms with Crippen LogP contribution in [0, 0.1) is 0 Å². The van der Waals surface area contributed by atoms with Crippen molar-refractivity contribution in [3.05, 3.63) is 0 Å². The van der Waals surface area contributed by atoms with Crippen LogP contribution in [0.25, 0.3) is 0 Å². The van der Waals surface area contributed by atoms with Gasteiger partial charge in [-0.1, -0.05) is 0 Å². The first-order valence-electron chi connectivity index (χ1n) is 4.52. The molecule has 0 bridgehead atoms. The van der Waals surface area contributed by atoms with Crippen molar-refractivity contribution < 1.29 is 39.1 Å². The molecule has 3 N–H and O–H groups in total. The molecule has 0 saturated carbocycles. The maximum absolute atomic E-state index is 11.3. The van der Waals surface area contributed by atoms with E-state index in [9.17, 15) is 9.59 Å². The summed E-state index contributed by atoms with van der Waals surface area (Å²) in [6.07, 6.45) is -4.85.